The SMILES string of the molecule is COc1ccc(/C=C/C(=O)NC[C@@H](c2ccco2)N2CCCC2)cc1. The lowest BCUT2D eigenvalue weighted by molar-refractivity contribution is -0.116. The van der Waals surface area contributed by atoms with Gasteiger partial charge in [0.1, 0.15) is 11.5 Å². The Balaban J connectivity index is 1.56. The number of carbonyl (C=O) groups is 1. The summed E-state index contributed by atoms with van der Waals surface area (Å²) in [5.41, 5.74) is 0.957. The van der Waals surface area contributed by atoms with Gasteiger partial charge in [0.2, 0.25) is 5.91 Å². The fourth-order valence-corrected chi connectivity index (χ4v) is 3.09. The summed E-state index contributed by atoms with van der Waals surface area (Å²) in [5.74, 6) is 1.60. The Hall–Kier alpha value is -2.53. The number of methoxy groups -OCH3 is 1. The molecule has 25 heavy (non-hydrogen) atoms. The predicted molar refractivity (Wildman–Crippen MR) is 97.3 cm³/mol. The Morgan fingerprint density at radius 2 is 2.04 bits per heavy atom. The number of amides is 1. The van der Waals surface area contributed by atoms with Gasteiger partial charge in [-0.25, -0.2) is 0 Å². The van der Waals surface area contributed by atoms with Gasteiger partial charge in [0.15, 0.2) is 0 Å². The second-order valence-corrected chi connectivity index (χ2v) is 6.13. The van der Waals surface area contributed by atoms with E-state index in [1.165, 1.54) is 12.8 Å². The number of hydrogen-bond donors (Lipinski definition) is 1. The molecule has 132 valence electrons. The number of carbonyl (C=O) groups excluding carboxylic acids is 1. The van der Waals surface area contributed by atoms with Crippen molar-refractivity contribution in [2.45, 2.75) is 18.9 Å². The van der Waals surface area contributed by atoms with Crippen molar-refractivity contribution >= 4 is 12.0 Å². The highest BCUT2D eigenvalue weighted by atomic mass is 16.5. The monoisotopic (exact) mass is 340 g/mol. The number of ether oxygens (including phenoxy) is 1. The van der Waals surface area contributed by atoms with Crippen molar-refractivity contribution in [1.82, 2.24) is 10.2 Å². The summed E-state index contributed by atoms with van der Waals surface area (Å²) in [6.45, 7) is 2.63. The van der Waals surface area contributed by atoms with Gasteiger partial charge in [-0.2, -0.15) is 0 Å². The van der Waals surface area contributed by atoms with Crippen LogP contribution in [0.15, 0.2) is 53.2 Å². The van der Waals surface area contributed by atoms with E-state index in [2.05, 4.69) is 10.2 Å². The first-order valence-electron chi connectivity index (χ1n) is 8.63. The Labute approximate surface area is 148 Å². The molecule has 1 saturated heterocycles. The zero-order valence-corrected chi connectivity index (χ0v) is 14.5. The van der Waals surface area contributed by atoms with Crippen LogP contribution in [-0.4, -0.2) is 37.6 Å². The van der Waals surface area contributed by atoms with Gasteiger partial charge >= 0.3 is 0 Å². The summed E-state index contributed by atoms with van der Waals surface area (Å²) in [4.78, 5) is 14.5. The zero-order chi connectivity index (χ0) is 17.5. The van der Waals surface area contributed by atoms with Crippen LogP contribution in [0.4, 0.5) is 0 Å². The predicted octanol–water partition coefficient (Wildman–Crippen LogP) is 3.25. The Morgan fingerprint density at radius 3 is 2.68 bits per heavy atom. The first-order chi connectivity index (χ1) is 12.3. The topological polar surface area (TPSA) is 54.7 Å². The zero-order valence-electron chi connectivity index (χ0n) is 14.5. The summed E-state index contributed by atoms with van der Waals surface area (Å²) in [5, 5.41) is 2.99. The average molecular weight is 340 g/mol. The van der Waals surface area contributed by atoms with Crippen LogP contribution in [0.2, 0.25) is 0 Å². The van der Waals surface area contributed by atoms with Crippen LogP contribution in [-0.2, 0) is 4.79 Å². The van der Waals surface area contributed by atoms with Gasteiger partial charge in [-0.05, 0) is 61.8 Å². The van der Waals surface area contributed by atoms with Crippen LogP contribution in [0.1, 0.15) is 30.2 Å². The van der Waals surface area contributed by atoms with E-state index in [0.717, 1.165) is 30.2 Å². The maximum absolute atomic E-state index is 12.2. The smallest absolute Gasteiger partial charge is 0.244 e. The van der Waals surface area contributed by atoms with Crippen LogP contribution in [0, 0.1) is 0 Å². The number of benzene rings is 1. The van der Waals surface area contributed by atoms with Crippen molar-refractivity contribution < 1.29 is 13.9 Å². The molecule has 1 amide bonds. The number of hydrogen-bond acceptors (Lipinski definition) is 4. The van der Waals surface area contributed by atoms with Crippen molar-refractivity contribution in [1.29, 1.82) is 0 Å². The van der Waals surface area contributed by atoms with Crippen molar-refractivity contribution in [3.8, 4) is 5.75 Å². The fraction of sp³-hybridized carbons (Fsp3) is 0.350. The average Bonchev–Trinajstić information content (AvgIpc) is 3.35. The van der Waals surface area contributed by atoms with Crippen LogP contribution in [0.3, 0.4) is 0 Å². The molecular formula is C20H24N2O3. The molecule has 2 heterocycles. The van der Waals surface area contributed by atoms with Crippen molar-refractivity contribution in [3.05, 3.63) is 60.1 Å². The highest BCUT2D eigenvalue weighted by molar-refractivity contribution is 5.91. The molecule has 5 heteroatoms. The van der Waals surface area contributed by atoms with E-state index < -0.39 is 0 Å². The van der Waals surface area contributed by atoms with E-state index in [-0.39, 0.29) is 11.9 Å². The molecule has 1 aliphatic heterocycles. The van der Waals surface area contributed by atoms with Gasteiger partial charge in [-0.3, -0.25) is 9.69 Å². The van der Waals surface area contributed by atoms with Gasteiger partial charge in [-0.1, -0.05) is 12.1 Å². The van der Waals surface area contributed by atoms with E-state index in [4.69, 9.17) is 9.15 Å². The molecule has 1 N–H and O–H groups in total. The van der Waals surface area contributed by atoms with Crippen LogP contribution < -0.4 is 10.1 Å². The number of nitrogens with one attached hydrogen (secondary N) is 1. The van der Waals surface area contributed by atoms with Gasteiger partial charge in [0.05, 0.1) is 19.4 Å². The standard InChI is InChI=1S/C20H24N2O3/c1-24-17-9-6-16(7-10-17)8-11-20(23)21-15-18(19-5-4-14-25-19)22-12-2-3-13-22/h4-11,14,18H,2-3,12-13,15H2,1H3,(H,21,23)/b11-8+/t18-/m0/s1. The quantitative estimate of drug-likeness (QED) is 0.786. The third-order valence-corrected chi connectivity index (χ3v) is 4.47. The highest BCUT2D eigenvalue weighted by Crippen LogP contribution is 2.24. The van der Waals surface area contributed by atoms with Crippen LogP contribution in [0.5, 0.6) is 5.75 Å². The molecule has 1 aliphatic rings. The van der Waals surface area contributed by atoms with E-state index in [9.17, 15) is 4.79 Å². The minimum atomic E-state index is -0.105. The lowest BCUT2D eigenvalue weighted by Gasteiger charge is -2.25. The van der Waals surface area contributed by atoms with Crippen LogP contribution in [0.25, 0.3) is 6.08 Å². The molecule has 3 rings (SSSR count). The summed E-state index contributed by atoms with van der Waals surface area (Å²) in [7, 11) is 1.63. The summed E-state index contributed by atoms with van der Waals surface area (Å²) < 4.78 is 10.7. The normalized spacial score (nSPS) is 16.2. The molecule has 0 spiro atoms. The highest BCUT2D eigenvalue weighted by Gasteiger charge is 2.25. The third-order valence-electron chi connectivity index (χ3n) is 4.47. The molecule has 1 fully saturated rings. The number of nitrogens with zero attached hydrogens (tertiary/aromatic N) is 1. The third kappa shape index (κ3) is 4.73. The minimum Gasteiger partial charge on any atom is -0.497 e. The second-order valence-electron chi connectivity index (χ2n) is 6.13. The number of rotatable bonds is 7. The fourth-order valence-electron chi connectivity index (χ4n) is 3.09. The molecule has 5 nitrogen and oxygen atoms in total. The van der Waals surface area contributed by atoms with Crippen LogP contribution >= 0.6 is 0 Å². The first-order valence-corrected chi connectivity index (χ1v) is 8.63. The number of likely N-dealkylation sites (tertiary alicyclic amines) is 1. The number of furan rings is 1. The maximum Gasteiger partial charge on any atom is 0.244 e. The summed E-state index contributed by atoms with van der Waals surface area (Å²) >= 11 is 0. The molecule has 1 aromatic heterocycles. The van der Waals surface area contributed by atoms with Gasteiger partial charge in [-0.15, -0.1) is 0 Å². The Bertz CT molecular complexity index is 686. The summed E-state index contributed by atoms with van der Waals surface area (Å²) in [6, 6.07) is 11.5. The Kier molecular flexibility index (Phi) is 5.90. The second kappa shape index (κ2) is 8.53. The van der Waals surface area contributed by atoms with Gasteiger partial charge in [0.25, 0.3) is 0 Å². The van der Waals surface area contributed by atoms with Crippen molar-refractivity contribution in [2.75, 3.05) is 26.7 Å². The molecule has 0 bridgehead atoms. The maximum atomic E-state index is 12.2. The summed E-state index contributed by atoms with van der Waals surface area (Å²) in [6.07, 6.45) is 7.44. The molecular weight excluding hydrogens is 316 g/mol. The van der Waals surface area contributed by atoms with Crippen molar-refractivity contribution in [3.63, 3.8) is 0 Å². The molecule has 1 aromatic carbocycles. The molecule has 0 unspecified atom stereocenters. The molecule has 0 radical (unpaired) electrons. The van der Waals surface area contributed by atoms with E-state index in [0.29, 0.717) is 6.54 Å². The first kappa shape index (κ1) is 17.3. The van der Waals surface area contributed by atoms with E-state index >= 15 is 0 Å². The van der Waals surface area contributed by atoms with E-state index in [1.807, 2.05) is 36.4 Å². The minimum absolute atomic E-state index is 0.0934. The molecule has 0 aliphatic carbocycles. The van der Waals surface area contributed by atoms with Gasteiger partial charge < -0.3 is 14.5 Å². The van der Waals surface area contributed by atoms with Crippen molar-refractivity contribution in [2.24, 2.45) is 0 Å². The lowest BCUT2D eigenvalue weighted by atomic mass is 10.2. The largest absolute Gasteiger partial charge is 0.497 e. The molecule has 2 aromatic rings. The molecule has 0 saturated carbocycles. The Morgan fingerprint density at radius 1 is 1.28 bits per heavy atom. The van der Waals surface area contributed by atoms with Gasteiger partial charge in [0, 0.05) is 12.6 Å². The molecule has 1 atom stereocenters. The lowest BCUT2D eigenvalue weighted by Crippen LogP contribution is -2.36. The van der Waals surface area contributed by atoms with E-state index in [1.54, 1.807) is 25.5 Å².